The van der Waals surface area contributed by atoms with Crippen molar-refractivity contribution in [2.75, 3.05) is 33.6 Å². The standard InChI is InChI=1S/C20H24N2O4/c1-22(2)20(24)15-9-11-18(26-4)16(13-15)21-19(23)12-10-14-7-5-6-8-17(14)25-3/h5-9,11,13H,10,12H2,1-4H3,(H,21,23). The number of carbonyl (C=O) groups is 2. The van der Waals surface area contributed by atoms with Crippen LogP contribution in [0.3, 0.4) is 0 Å². The van der Waals surface area contributed by atoms with Crippen LogP contribution in [0.5, 0.6) is 11.5 Å². The Morgan fingerprint density at radius 3 is 2.35 bits per heavy atom. The van der Waals surface area contributed by atoms with Crippen LogP contribution >= 0.6 is 0 Å². The second kappa shape index (κ2) is 8.89. The summed E-state index contributed by atoms with van der Waals surface area (Å²) in [5.41, 5.74) is 1.93. The molecule has 26 heavy (non-hydrogen) atoms. The van der Waals surface area contributed by atoms with Crippen molar-refractivity contribution >= 4 is 17.5 Å². The number of para-hydroxylation sites is 1. The number of benzene rings is 2. The minimum absolute atomic E-state index is 0.142. The molecule has 0 aliphatic carbocycles. The predicted octanol–water partition coefficient (Wildman–Crippen LogP) is 2.98. The summed E-state index contributed by atoms with van der Waals surface area (Å²) in [6, 6.07) is 12.6. The topological polar surface area (TPSA) is 67.9 Å². The van der Waals surface area contributed by atoms with Gasteiger partial charge in [0.25, 0.3) is 5.91 Å². The van der Waals surface area contributed by atoms with Gasteiger partial charge in [-0.05, 0) is 36.2 Å². The quantitative estimate of drug-likeness (QED) is 0.828. The first kappa shape index (κ1) is 19.3. The third-order valence-electron chi connectivity index (χ3n) is 3.94. The number of hydrogen-bond donors (Lipinski definition) is 1. The highest BCUT2D eigenvalue weighted by atomic mass is 16.5. The summed E-state index contributed by atoms with van der Waals surface area (Å²) in [6.45, 7) is 0. The molecule has 0 atom stereocenters. The van der Waals surface area contributed by atoms with E-state index in [4.69, 9.17) is 9.47 Å². The van der Waals surface area contributed by atoms with E-state index in [0.29, 0.717) is 23.4 Å². The summed E-state index contributed by atoms with van der Waals surface area (Å²) >= 11 is 0. The van der Waals surface area contributed by atoms with Crippen LogP contribution in [-0.4, -0.2) is 45.0 Å². The highest BCUT2D eigenvalue weighted by Crippen LogP contribution is 2.26. The highest BCUT2D eigenvalue weighted by Gasteiger charge is 2.14. The van der Waals surface area contributed by atoms with E-state index in [1.807, 2.05) is 24.3 Å². The molecule has 0 radical (unpaired) electrons. The van der Waals surface area contributed by atoms with Crippen LogP contribution in [-0.2, 0) is 11.2 Å². The summed E-state index contributed by atoms with van der Waals surface area (Å²) in [5.74, 6) is 0.961. The minimum Gasteiger partial charge on any atom is -0.496 e. The Hall–Kier alpha value is -3.02. The molecule has 2 amide bonds. The van der Waals surface area contributed by atoms with Crippen molar-refractivity contribution in [3.05, 3.63) is 53.6 Å². The Labute approximate surface area is 153 Å². The molecule has 6 nitrogen and oxygen atoms in total. The fourth-order valence-electron chi connectivity index (χ4n) is 2.57. The fraction of sp³-hybridized carbons (Fsp3) is 0.300. The summed E-state index contributed by atoms with van der Waals surface area (Å²) in [6.07, 6.45) is 0.837. The summed E-state index contributed by atoms with van der Waals surface area (Å²) in [5, 5.41) is 2.83. The van der Waals surface area contributed by atoms with Crippen molar-refractivity contribution < 1.29 is 19.1 Å². The first-order valence-electron chi connectivity index (χ1n) is 8.27. The molecular formula is C20H24N2O4. The number of hydrogen-bond acceptors (Lipinski definition) is 4. The lowest BCUT2D eigenvalue weighted by atomic mass is 10.1. The maximum atomic E-state index is 12.4. The molecule has 0 fully saturated rings. The molecule has 0 aromatic heterocycles. The van der Waals surface area contributed by atoms with E-state index < -0.39 is 0 Å². The fourth-order valence-corrected chi connectivity index (χ4v) is 2.57. The molecule has 138 valence electrons. The van der Waals surface area contributed by atoms with Crippen molar-refractivity contribution in [3.8, 4) is 11.5 Å². The van der Waals surface area contributed by atoms with Gasteiger partial charge in [-0.2, -0.15) is 0 Å². The average Bonchev–Trinajstić information content (AvgIpc) is 2.65. The van der Waals surface area contributed by atoms with Crippen molar-refractivity contribution in [1.29, 1.82) is 0 Å². The zero-order valence-electron chi connectivity index (χ0n) is 15.5. The van der Waals surface area contributed by atoms with Crippen LogP contribution in [0.15, 0.2) is 42.5 Å². The lowest BCUT2D eigenvalue weighted by molar-refractivity contribution is -0.116. The van der Waals surface area contributed by atoms with Gasteiger partial charge >= 0.3 is 0 Å². The van der Waals surface area contributed by atoms with Gasteiger partial charge in [0.1, 0.15) is 11.5 Å². The molecule has 0 aliphatic heterocycles. The van der Waals surface area contributed by atoms with Crippen molar-refractivity contribution in [1.82, 2.24) is 4.90 Å². The number of carbonyl (C=O) groups excluding carboxylic acids is 2. The lowest BCUT2D eigenvalue weighted by Crippen LogP contribution is -2.22. The van der Waals surface area contributed by atoms with E-state index in [2.05, 4.69) is 5.32 Å². The number of nitrogens with one attached hydrogen (secondary N) is 1. The van der Waals surface area contributed by atoms with Gasteiger partial charge in [0.2, 0.25) is 5.91 Å². The van der Waals surface area contributed by atoms with Crippen molar-refractivity contribution in [2.45, 2.75) is 12.8 Å². The van der Waals surface area contributed by atoms with Gasteiger partial charge in [-0.15, -0.1) is 0 Å². The Bertz CT molecular complexity index is 787. The van der Waals surface area contributed by atoms with Crippen LogP contribution in [0.1, 0.15) is 22.3 Å². The molecule has 0 spiro atoms. The van der Waals surface area contributed by atoms with E-state index in [1.54, 1.807) is 39.4 Å². The van der Waals surface area contributed by atoms with Crippen LogP contribution in [0.4, 0.5) is 5.69 Å². The van der Waals surface area contributed by atoms with Gasteiger partial charge in [-0.25, -0.2) is 0 Å². The van der Waals surface area contributed by atoms with Crippen LogP contribution in [0.25, 0.3) is 0 Å². The zero-order valence-corrected chi connectivity index (χ0v) is 15.5. The molecular weight excluding hydrogens is 332 g/mol. The third kappa shape index (κ3) is 4.75. The molecule has 0 saturated carbocycles. The van der Waals surface area contributed by atoms with Crippen LogP contribution in [0.2, 0.25) is 0 Å². The van der Waals surface area contributed by atoms with Gasteiger partial charge in [0.05, 0.1) is 19.9 Å². The first-order valence-corrected chi connectivity index (χ1v) is 8.27. The Balaban J connectivity index is 2.10. The highest BCUT2D eigenvalue weighted by molar-refractivity contribution is 5.98. The SMILES string of the molecule is COc1ccccc1CCC(=O)Nc1cc(C(=O)N(C)C)ccc1OC. The minimum atomic E-state index is -0.163. The Morgan fingerprint density at radius 2 is 1.69 bits per heavy atom. The van der Waals surface area contributed by atoms with E-state index in [-0.39, 0.29) is 18.2 Å². The normalized spacial score (nSPS) is 10.2. The molecule has 0 unspecified atom stereocenters. The molecule has 0 aliphatic rings. The molecule has 1 N–H and O–H groups in total. The monoisotopic (exact) mass is 356 g/mol. The van der Waals surface area contributed by atoms with Gasteiger partial charge in [0, 0.05) is 26.1 Å². The smallest absolute Gasteiger partial charge is 0.253 e. The second-order valence-corrected chi connectivity index (χ2v) is 5.97. The van der Waals surface area contributed by atoms with Crippen molar-refractivity contribution in [2.24, 2.45) is 0 Å². The van der Waals surface area contributed by atoms with E-state index in [0.717, 1.165) is 11.3 Å². The molecule has 2 aromatic carbocycles. The lowest BCUT2D eigenvalue weighted by Gasteiger charge is -2.14. The number of methoxy groups -OCH3 is 2. The molecule has 0 bridgehead atoms. The molecule has 2 aromatic rings. The number of rotatable bonds is 7. The number of aryl methyl sites for hydroxylation is 1. The maximum absolute atomic E-state index is 12.4. The number of ether oxygens (including phenoxy) is 2. The Kier molecular flexibility index (Phi) is 6.60. The van der Waals surface area contributed by atoms with Crippen LogP contribution < -0.4 is 14.8 Å². The summed E-state index contributed by atoms with van der Waals surface area (Å²) in [4.78, 5) is 26.0. The molecule has 0 heterocycles. The first-order chi connectivity index (χ1) is 12.5. The van der Waals surface area contributed by atoms with E-state index in [9.17, 15) is 9.59 Å². The molecule has 0 saturated heterocycles. The van der Waals surface area contributed by atoms with Gasteiger partial charge in [-0.1, -0.05) is 18.2 Å². The largest absolute Gasteiger partial charge is 0.496 e. The number of amides is 2. The van der Waals surface area contributed by atoms with Crippen LogP contribution in [0, 0.1) is 0 Å². The predicted molar refractivity (Wildman–Crippen MR) is 101 cm³/mol. The molecule has 6 heteroatoms. The second-order valence-electron chi connectivity index (χ2n) is 5.97. The number of anilines is 1. The third-order valence-corrected chi connectivity index (χ3v) is 3.94. The summed E-state index contributed by atoms with van der Waals surface area (Å²) in [7, 11) is 6.49. The van der Waals surface area contributed by atoms with Gasteiger partial charge in [-0.3, -0.25) is 9.59 Å². The molecule has 2 rings (SSSR count). The van der Waals surface area contributed by atoms with Gasteiger partial charge < -0.3 is 19.7 Å². The van der Waals surface area contributed by atoms with E-state index in [1.165, 1.54) is 12.0 Å². The number of nitrogens with zero attached hydrogens (tertiary/aromatic N) is 1. The average molecular weight is 356 g/mol. The summed E-state index contributed by atoms with van der Waals surface area (Å²) < 4.78 is 10.6. The van der Waals surface area contributed by atoms with E-state index >= 15 is 0 Å². The Morgan fingerprint density at radius 1 is 1.00 bits per heavy atom. The van der Waals surface area contributed by atoms with Gasteiger partial charge in [0.15, 0.2) is 0 Å². The zero-order chi connectivity index (χ0) is 19.1. The maximum Gasteiger partial charge on any atom is 0.253 e. The van der Waals surface area contributed by atoms with Crippen molar-refractivity contribution in [3.63, 3.8) is 0 Å².